The minimum Gasteiger partial charge on any atom is -0.398 e. The third-order valence-corrected chi connectivity index (χ3v) is 5.37. The van der Waals surface area contributed by atoms with Crippen LogP contribution in [0.1, 0.15) is 72.6 Å². The van der Waals surface area contributed by atoms with Crippen LogP contribution in [-0.4, -0.2) is 5.37 Å². The van der Waals surface area contributed by atoms with Crippen LogP contribution in [0.2, 0.25) is 0 Å². The van der Waals surface area contributed by atoms with E-state index in [1.165, 1.54) is 48.8 Å². The SMILES string of the molecule is C=C(C/C=C(\C)C1CCC1)C(N)=C(C)C=C(C)C(=CC=S)CCCC. The molecule has 0 saturated heterocycles. The lowest BCUT2D eigenvalue weighted by Crippen LogP contribution is -2.12. The highest BCUT2D eigenvalue weighted by molar-refractivity contribution is 7.79. The normalized spacial score (nSPS) is 17.8. The smallest absolute Gasteiger partial charge is 0.0373 e. The molecule has 2 N–H and O–H groups in total. The summed E-state index contributed by atoms with van der Waals surface area (Å²) in [5.74, 6) is 0.794. The van der Waals surface area contributed by atoms with Crippen molar-refractivity contribution in [2.45, 2.75) is 72.6 Å². The summed E-state index contributed by atoms with van der Waals surface area (Å²) < 4.78 is 0. The fraction of sp³-hybridized carbons (Fsp3) is 0.522. The zero-order valence-corrected chi connectivity index (χ0v) is 17.3. The van der Waals surface area contributed by atoms with E-state index in [0.717, 1.165) is 35.6 Å². The fourth-order valence-corrected chi connectivity index (χ4v) is 3.22. The van der Waals surface area contributed by atoms with Gasteiger partial charge in [-0.25, -0.2) is 0 Å². The monoisotopic (exact) mass is 357 g/mol. The largest absolute Gasteiger partial charge is 0.398 e. The number of hydrogen-bond donors (Lipinski definition) is 1. The lowest BCUT2D eigenvalue weighted by molar-refractivity contribution is 0.367. The van der Waals surface area contributed by atoms with E-state index in [1.54, 1.807) is 5.37 Å². The van der Waals surface area contributed by atoms with Gasteiger partial charge in [-0.2, -0.15) is 0 Å². The van der Waals surface area contributed by atoms with Gasteiger partial charge in [-0.05, 0) is 87.2 Å². The third kappa shape index (κ3) is 7.15. The second-order valence-electron chi connectivity index (χ2n) is 7.24. The number of hydrogen-bond acceptors (Lipinski definition) is 2. The van der Waals surface area contributed by atoms with E-state index >= 15 is 0 Å². The maximum Gasteiger partial charge on any atom is 0.0373 e. The van der Waals surface area contributed by atoms with Crippen molar-refractivity contribution in [3.8, 4) is 0 Å². The lowest BCUT2D eigenvalue weighted by Gasteiger charge is -2.26. The summed E-state index contributed by atoms with van der Waals surface area (Å²) in [6.07, 6.45) is 14.8. The van der Waals surface area contributed by atoms with Gasteiger partial charge < -0.3 is 5.73 Å². The molecule has 138 valence electrons. The molecule has 1 nitrogen and oxygen atoms in total. The molecule has 0 radical (unpaired) electrons. The molecule has 0 bridgehead atoms. The number of nitrogens with two attached hydrogens (primary N) is 1. The van der Waals surface area contributed by atoms with Crippen LogP contribution < -0.4 is 5.73 Å². The molecule has 0 heterocycles. The summed E-state index contributed by atoms with van der Waals surface area (Å²) in [4.78, 5) is 0. The highest BCUT2D eigenvalue weighted by Gasteiger charge is 2.18. The Morgan fingerprint density at radius 2 is 1.92 bits per heavy atom. The molecule has 0 aliphatic heterocycles. The first-order valence-corrected chi connectivity index (χ1v) is 10.0. The Morgan fingerprint density at radius 1 is 1.24 bits per heavy atom. The summed E-state index contributed by atoms with van der Waals surface area (Å²) >= 11 is 5.01. The van der Waals surface area contributed by atoms with Crippen LogP contribution in [0.25, 0.3) is 0 Å². The minimum absolute atomic E-state index is 0.794. The Balaban J connectivity index is 2.81. The van der Waals surface area contributed by atoms with Crippen LogP contribution in [0.4, 0.5) is 0 Å². The molecule has 0 aromatic heterocycles. The topological polar surface area (TPSA) is 26.0 Å². The fourth-order valence-electron chi connectivity index (χ4n) is 3.06. The molecular formula is C23H35NS. The predicted octanol–water partition coefficient (Wildman–Crippen LogP) is 6.97. The lowest BCUT2D eigenvalue weighted by atomic mass is 9.80. The zero-order valence-electron chi connectivity index (χ0n) is 16.5. The first kappa shape index (κ1) is 21.6. The third-order valence-electron chi connectivity index (χ3n) is 5.23. The van der Waals surface area contributed by atoms with E-state index < -0.39 is 0 Å². The Hall–Kier alpha value is -1.41. The molecule has 25 heavy (non-hydrogen) atoms. The Kier molecular flexibility index (Phi) is 9.74. The van der Waals surface area contributed by atoms with Gasteiger partial charge in [0.25, 0.3) is 0 Å². The predicted molar refractivity (Wildman–Crippen MR) is 117 cm³/mol. The minimum atomic E-state index is 0.794. The molecule has 0 atom stereocenters. The first-order chi connectivity index (χ1) is 11.9. The molecule has 0 spiro atoms. The van der Waals surface area contributed by atoms with Crippen LogP contribution in [-0.2, 0) is 0 Å². The molecule has 1 aliphatic rings. The van der Waals surface area contributed by atoms with Crippen molar-refractivity contribution in [2.24, 2.45) is 11.7 Å². The molecule has 0 aromatic carbocycles. The van der Waals surface area contributed by atoms with E-state index in [9.17, 15) is 0 Å². The molecular weight excluding hydrogens is 322 g/mol. The quantitative estimate of drug-likeness (QED) is 0.198. The van der Waals surface area contributed by atoms with Crippen molar-refractivity contribution in [2.75, 3.05) is 0 Å². The van der Waals surface area contributed by atoms with Gasteiger partial charge >= 0.3 is 0 Å². The van der Waals surface area contributed by atoms with Crippen molar-refractivity contribution in [1.82, 2.24) is 0 Å². The Labute approximate surface area is 160 Å². The van der Waals surface area contributed by atoms with Gasteiger partial charge in [0.1, 0.15) is 0 Å². The average Bonchev–Trinajstić information content (AvgIpc) is 2.53. The molecule has 1 saturated carbocycles. The van der Waals surface area contributed by atoms with Crippen LogP contribution in [0.15, 0.2) is 58.4 Å². The summed E-state index contributed by atoms with van der Waals surface area (Å²) in [5.41, 5.74) is 13.3. The highest BCUT2D eigenvalue weighted by atomic mass is 32.1. The van der Waals surface area contributed by atoms with E-state index in [-0.39, 0.29) is 0 Å². The van der Waals surface area contributed by atoms with E-state index in [0.29, 0.717) is 0 Å². The number of unbranched alkanes of at least 4 members (excludes halogenated alkanes) is 1. The Morgan fingerprint density at radius 3 is 2.44 bits per heavy atom. The highest BCUT2D eigenvalue weighted by Crippen LogP contribution is 2.33. The first-order valence-electron chi connectivity index (χ1n) is 9.54. The number of allylic oxidation sites excluding steroid dienone is 8. The number of thiocarbonyl (C=S) groups is 1. The van der Waals surface area contributed by atoms with Gasteiger partial charge in [-0.15, -0.1) is 0 Å². The van der Waals surface area contributed by atoms with Crippen LogP contribution in [0.3, 0.4) is 0 Å². The summed E-state index contributed by atoms with van der Waals surface area (Å²) in [5, 5.41) is 1.71. The molecule has 0 aromatic rings. The second-order valence-corrected chi connectivity index (χ2v) is 7.51. The van der Waals surface area contributed by atoms with Crippen molar-refractivity contribution >= 4 is 17.6 Å². The van der Waals surface area contributed by atoms with Gasteiger partial charge in [0.05, 0.1) is 0 Å². The van der Waals surface area contributed by atoms with Crippen LogP contribution >= 0.6 is 12.2 Å². The van der Waals surface area contributed by atoms with Gasteiger partial charge in [-0.3, -0.25) is 0 Å². The summed E-state index contributed by atoms with van der Waals surface area (Å²) in [7, 11) is 0. The van der Waals surface area contributed by atoms with Gasteiger partial charge in [0.2, 0.25) is 0 Å². The maximum absolute atomic E-state index is 6.35. The van der Waals surface area contributed by atoms with Crippen molar-refractivity contribution in [3.05, 3.63) is 58.4 Å². The summed E-state index contributed by atoms with van der Waals surface area (Å²) in [6, 6.07) is 0. The molecule has 2 heteroatoms. The molecule has 0 amide bonds. The van der Waals surface area contributed by atoms with Gasteiger partial charge in [0.15, 0.2) is 0 Å². The molecule has 1 rings (SSSR count). The number of rotatable bonds is 10. The van der Waals surface area contributed by atoms with E-state index in [2.05, 4.69) is 46.4 Å². The van der Waals surface area contributed by atoms with Gasteiger partial charge in [0, 0.05) is 11.1 Å². The van der Waals surface area contributed by atoms with Crippen molar-refractivity contribution in [1.29, 1.82) is 0 Å². The second kappa shape index (κ2) is 11.3. The Bertz CT molecular complexity index is 598. The summed E-state index contributed by atoms with van der Waals surface area (Å²) in [6.45, 7) is 12.9. The van der Waals surface area contributed by atoms with Gasteiger partial charge in [-0.1, -0.05) is 56.3 Å². The average molecular weight is 358 g/mol. The van der Waals surface area contributed by atoms with Crippen LogP contribution in [0.5, 0.6) is 0 Å². The van der Waals surface area contributed by atoms with E-state index in [1.807, 2.05) is 6.08 Å². The standard InChI is InChI=1S/C23H35NS/c1-6-7-9-22(14-15-25)19(4)16-20(5)23(24)18(3)13-12-17(2)21-10-8-11-21/h12,14-16,21H,3,6-11,13,24H2,1-2,4-5H3/b17-12+,19-16?,22-14?,23-20?. The molecule has 1 fully saturated rings. The maximum atomic E-state index is 6.35. The zero-order chi connectivity index (χ0) is 18.8. The van der Waals surface area contributed by atoms with Crippen molar-refractivity contribution < 1.29 is 0 Å². The molecule has 0 unspecified atom stereocenters. The molecule has 1 aliphatic carbocycles. The van der Waals surface area contributed by atoms with Crippen molar-refractivity contribution in [3.63, 3.8) is 0 Å². The van der Waals surface area contributed by atoms with Crippen LogP contribution in [0, 0.1) is 5.92 Å². The van der Waals surface area contributed by atoms with E-state index in [4.69, 9.17) is 18.0 Å².